The van der Waals surface area contributed by atoms with Crippen LogP contribution < -0.4 is 10.0 Å². The molecule has 0 spiro atoms. The van der Waals surface area contributed by atoms with E-state index in [2.05, 4.69) is 10.0 Å². The van der Waals surface area contributed by atoms with Crippen LogP contribution in [0, 0.1) is 5.92 Å². The van der Waals surface area contributed by atoms with Crippen molar-refractivity contribution >= 4 is 15.7 Å². The summed E-state index contributed by atoms with van der Waals surface area (Å²) in [5, 5.41) is 12.1. The highest BCUT2D eigenvalue weighted by Crippen LogP contribution is 2.18. The van der Waals surface area contributed by atoms with Gasteiger partial charge in [-0.25, -0.2) is 8.42 Å². The average molecular weight is 312 g/mol. The Balaban J connectivity index is 1.84. The second-order valence-electron chi connectivity index (χ2n) is 5.57. The van der Waals surface area contributed by atoms with Gasteiger partial charge < -0.3 is 10.4 Å². The van der Waals surface area contributed by atoms with E-state index in [9.17, 15) is 8.42 Å². The molecule has 0 saturated carbocycles. The Kier molecular flexibility index (Phi) is 6.02. The molecule has 21 heavy (non-hydrogen) atoms. The minimum absolute atomic E-state index is 0.0985. The molecular formula is C15H24N2O3S. The summed E-state index contributed by atoms with van der Waals surface area (Å²) in [6, 6.07) is 7.15. The van der Waals surface area contributed by atoms with Crippen LogP contribution in [-0.4, -0.2) is 39.0 Å². The Morgan fingerprint density at radius 1 is 1.19 bits per heavy atom. The lowest BCUT2D eigenvalue weighted by Crippen LogP contribution is -2.29. The molecule has 1 aliphatic heterocycles. The third-order valence-corrected chi connectivity index (χ3v) is 5.20. The van der Waals surface area contributed by atoms with Gasteiger partial charge in [-0.15, -0.1) is 0 Å². The first-order valence-electron chi connectivity index (χ1n) is 7.50. The van der Waals surface area contributed by atoms with Crippen molar-refractivity contribution in [2.24, 2.45) is 5.92 Å². The van der Waals surface area contributed by atoms with Crippen molar-refractivity contribution in [3.63, 3.8) is 0 Å². The third kappa shape index (κ3) is 5.65. The summed E-state index contributed by atoms with van der Waals surface area (Å²) in [5.41, 5.74) is 1.58. The van der Waals surface area contributed by atoms with Crippen LogP contribution in [0.25, 0.3) is 0 Å². The molecule has 1 heterocycles. The molecule has 1 aliphatic rings. The number of hydrogen-bond donors (Lipinski definition) is 3. The molecule has 118 valence electrons. The van der Waals surface area contributed by atoms with Gasteiger partial charge in [0.25, 0.3) is 0 Å². The maximum Gasteiger partial charge on any atom is 0.232 e. The molecule has 5 nitrogen and oxygen atoms in total. The number of sulfonamides is 1. The average Bonchev–Trinajstić information content (AvgIpc) is 2.48. The van der Waals surface area contributed by atoms with E-state index >= 15 is 0 Å². The Hall–Kier alpha value is -1.11. The maximum atomic E-state index is 12.1. The van der Waals surface area contributed by atoms with Crippen LogP contribution in [0.1, 0.15) is 24.8 Å². The molecule has 1 fully saturated rings. The highest BCUT2D eigenvalue weighted by Gasteiger charge is 2.17. The summed E-state index contributed by atoms with van der Waals surface area (Å²) in [4.78, 5) is 0. The van der Waals surface area contributed by atoms with Crippen LogP contribution in [0.3, 0.4) is 0 Å². The smallest absolute Gasteiger partial charge is 0.232 e. The molecule has 0 atom stereocenters. The van der Waals surface area contributed by atoms with Gasteiger partial charge >= 0.3 is 0 Å². The normalized spacial score (nSPS) is 16.8. The summed E-state index contributed by atoms with van der Waals surface area (Å²) in [6.45, 7) is 2.08. The second-order valence-corrected chi connectivity index (χ2v) is 7.42. The first-order chi connectivity index (χ1) is 10.1. The fourth-order valence-electron chi connectivity index (χ4n) is 2.59. The zero-order chi connectivity index (χ0) is 15.1. The number of aliphatic hydroxyl groups is 1. The largest absolute Gasteiger partial charge is 0.396 e. The van der Waals surface area contributed by atoms with Gasteiger partial charge in [-0.1, -0.05) is 12.1 Å². The van der Waals surface area contributed by atoms with Crippen molar-refractivity contribution in [2.45, 2.75) is 25.7 Å². The molecule has 2 rings (SSSR count). The molecule has 0 aromatic heterocycles. The molecule has 0 amide bonds. The molecule has 1 saturated heterocycles. The predicted octanol–water partition coefficient (Wildman–Crippen LogP) is 1.35. The van der Waals surface area contributed by atoms with Crippen LogP contribution in [0.4, 0.5) is 5.69 Å². The van der Waals surface area contributed by atoms with E-state index in [1.807, 2.05) is 12.1 Å². The van der Waals surface area contributed by atoms with Crippen LogP contribution in [0.2, 0.25) is 0 Å². The lowest BCUT2D eigenvalue weighted by atomic mass is 9.96. The quantitative estimate of drug-likeness (QED) is 0.710. The van der Waals surface area contributed by atoms with E-state index in [0.717, 1.165) is 37.9 Å². The van der Waals surface area contributed by atoms with E-state index in [1.54, 1.807) is 12.1 Å². The zero-order valence-electron chi connectivity index (χ0n) is 12.2. The fourth-order valence-corrected chi connectivity index (χ4v) is 3.83. The fraction of sp³-hybridized carbons (Fsp3) is 0.600. The van der Waals surface area contributed by atoms with E-state index in [4.69, 9.17) is 5.11 Å². The van der Waals surface area contributed by atoms with Gasteiger partial charge in [0.15, 0.2) is 0 Å². The summed E-state index contributed by atoms with van der Waals surface area (Å²) >= 11 is 0. The number of benzene rings is 1. The van der Waals surface area contributed by atoms with E-state index < -0.39 is 10.0 Å². The standard InChI is InChI=1S/C15H24N2O3S/c18-11-7-13-1-3-15(4-2-13)17-21(19,20)12-8-14-5-9-16-10-6-14/h1-4,14,16-18H,5-12H2. The third-order valence-electron chi connectivity index (χ3n) is 3.88. The van der Waals surface area contributed by atoms with Crippen LogP contribution in [-0.2, 0) is 16.4 Å². The summed E-state index contributed by atoms with van der Waals surface area (Å²) < 4.78 is 26.8. The summed E-state index contributed by atoms with van der Waals surface area (Å²) in [7, 11) is -3.28. The molecule has 1 aromatic rings. The van der Waals surface area contributed by atoms with Gasteiger partial charge in [0, 0.05) is 12.3 Å². The number of aliphatic hydroxyl groups excluding tert-OH is 1. The van der Waals surface area contributed by atoms with Gasteiger partial charge in [0.05, 0.1) is 5.75 Å². The predicted molar refractivity (Wildman–Crippen MR) is 84.9 cm³/mol. The topological polar surface area (TPSA) is 78.4 Å². The highest BCUT2D eigenvalue weighted by atomic mass is 32.2. The maximum absolute atomic E-state index is 12.1. The van der Waals surface area contributed by atoms with Crippen molar-refractivity contribution in [3.8, 4) is 0 Å². The number of nitrogens with one attached hydrogen (secondary N) is 2. The second kappa shape index (κ2) is 7.77. The SMILES string of the molecule is O=S(=O)(CCC1CCNCC1)Nc1ccc(CCO)cc1. The minimum atomic E-state index is -3.28. The Bertz CT molecular complexity index is 522. The monoisotopic (exact) mass is 312 g/mol. The van der Waals surface area contributed by atoms with Crippen molar-refractivity contribution < 1.29 is 13.5 Å². The first-order valence-corrected chi connectivity index (χ1v) is 9.15. The molecule has 0 aliphatic carbocycles. The van der Waals surface area contributed by atoms with Crippen LogP contribution in [0.15, 0.2) is 24.3 Å². The van der Waals surface area contributed by atoms with Crippen molar-refractivity contribution in [1.82, 2.24) is 5.32 Å². The van der Waals surface area contributed by atoms with E-state index in [1.165, 1.54) is 0 Å². The van der Waals surface area contributed by atoms with Gasteiger partial charge in [-0.2, -0.15) is 0 Å². The molecular weight excluding hydrogens is 288 g/mol. The first kappa shape index (κ1) is 16.3. The molecule has 1 aromatic carbocycles. The Labute approximate surface area is 126 Å². The lowest BCUT2D eigenvalue weighted by Gasteiger charge is -2.22. The lowest BCUT2D eigenvalue weighted by molar-refractivity contribution is 0.299. The van der Waals surface area contributed by atoms with Crippen molar-refractivity contribution in [3.05, 3.63) is 29.8 Å². The molecule has 0 bridgehead atoms. The van der Waals surface area contributed by atoms with Gasteiger partial charge in [-0.3, -0.25) is 4.72 Å². The van der Waals surface area contributed by atoms with Gasteiger partial charge in [-0.05, 0) is 62.4 Å². The number of rotatable bonds is 7. The van der Waals surface area contributed by atoms with Crippen molar-refractivity contribution in [1.29, 1.82) is 0 Å². The molecule has 6 heteroatoms. The minimum Gasteiger partial charge on any atom is -0.396 e. The number of hydrogen-bond acceptors (Lipinski definition) is 4. The van der Waals surface area contributed by atoms with E-state index in [0.29, 0.717) is 18.0 Å². The van der Waals surface area contributed by atoms with Crippen molar-refractivity contribution in [2.75, 3.05) is 30.2 Å². The molecule has 3 N–H and O–H groups in total. The van der Waals surface area contributed by atoms with Crippen LogP contribution >= 0.6 is 0 Å². The van der Waals surface area contributed by atoms with E-state index in [-0.39, 0.29) is 12.4 Å². The summed E-state index contributed by atoms with van der Waals surface area (Å²) in [6.07, 6.45) is 3.43. The highest BCUT2D eigenvalue weighted by molar-refractivity contribution is 7.92. The van der Waals surface area contributed by atoms with Crippen LogP contribution in [0.5, 0.6) is 0 Å². The molecule has 0 radical (unpaired) electrons. The van der Waals surface area contributed by atoms with Gasteiger partial charge in [0.2, 0.25) is 10.0 Å². The number of piperidine rings is 1. The Morgan fingerprint density at radius 3 is 2.48 bits per heavy atom. The molecule has 0 unspecified atom stereocenters. The summed E-state index contributed by atoms with van der Waals surface area (Å²) in [5.74, 6) is 0.686. The van der Waals surface area contributed by atoms with Gasteiger partial charge in [0.1, 0.15) is 0 Å². The Morgan fingerprint density at radius 2 is 1.86 bits per heavy atom. The zero-order valence-corrected chi connectivity index (χ0v) is 13.0. The number of anilines is 1.